The highest BCUT2D eigenvalue weighted by molar-refractivity contribution is 5.98. The lowest BCUT2D eigenvalue weighted by Crippen LogP contribution is -2.61. The van der Waals surface area contributed by atoms with Gasteiger partial charge in [0.1, 0.15) is 35.9 Å². The van der Waals surface area contributed by atoms with Gasteiger partial charge >= 0.3 is 18.2 Å². The van der Waals surface area contributed by atoms with Gasteiger partial charge < -0.3 is 35.6 Å². The first-order valence-corrected chi connectivity index (χ1v) is 21.9. The second-order valence-electron chi connectivity index (χ2n) is 17.3. The van der Waals surface area contributed by atoms with Gasteiger partial charge in [0, 0.05) is 20.6 Å². The zero-order valence-electron chi connectivity index (χ0n) is 36.4. The molecular formula is C45H57F5N6O9. The first kappa shape index (κ1) is 50.5. The number of alkyl halides is 3. The third-order valence-electron chi connectivity index (χ3n) is 12.4. The minimum absolute atomic E-state index is 0.0624. The minimum atomic E-state index is -5.29. The zero-order chi connectivity index (χ0) is 47.5. The molecular weight excluding hydrogens is 864 g/mol. The predicted octanol–water partition coefficient (Wildman–Crippen LogP) is 4.44. The van der Waals surface area contributed by atoms with E-state index >= 15 is 0 Å². The van der Waals surface area contributed by atoms with Crippen molar-refractivity contribution in [2.24, 2.45) is 5.92 Å². The largest absolute Gasteiger partial charge is 0.481 e. The summed E-state index contributed by atoms with van der Waals surface area (Å²) >= 11 is 0. The van der Waals surface area contributed by atoms with Crippen LogP contribution in [-0.2, 0) is 52.7 Å². The molecule has 0 bridgehead atoms. The number of amides is 4. The van der Waals surface area contributed by atoms with E-state index in [9.17, 15) is 60.6 Å². The molecule has 15 nitrogen and oxygen atoms in total. The number of alkyl carbamates (subject to hydrolysis) is 1. The summed E-state index contributed by atoms with van der Waals surface area (Å²) in [4.78, 5) is 95.9. The van der Waals surface area contributed by atoms with E-state index in [-0.39, 0.29) is 81.4 Å². The quantitative estimate of drug-likeness (QED) is 0.111. The SMILES string of the molecule is CN(C)C(=O)[C@H](CC(=O)O)NCC(=O)[C@@H](NCC(=O)C1(NC(=O)[C@@H]2CCCN2C(=O)[C@H](CCc2cc(F)c(C(F)(F)F)c(F)c2)NC(=O)OCc2ccccc2)CCCC1)C1CCCC1. The van der Waals surface area contributed by atoms with E-state index in [1.54, 1.807) is 30.3 Å². The molecule has 2 aliphatic carbocycles. The molecule has 1 heterocycles. The van der Waals surface area contributed by atoms with Crippen LogP contribution in [0.25, 0.3) is 0 Å². The minimum Gasteiger partial charge on any atom is -0.481 e. The number of nitrogens with zero attached hydrogens (tertiary/aromatic N) is 2. The van der Waals surface area contributed by atoms with Gasteiger partial charge in [-0.25, -0.2) is 13.6 Å². The number of hydrogen-bond acceptors (Lipinski definition) is 10. The fourth-order valence-corrected chi connectivity index (χ4v) is 9.06. The van der Waals surface area contributed by atoms with Crippen LogP contribution in [0.15, 0.2) is 42.5 Å². The topological polar surface area (TPSA) is 204 Å². The van der Waals surface area contributed by atoms with Crippen molar-refractivity contribution in [2.45, 2.75) is 126 Å². The molecule has 2 aromatic carbocycles. The first-order chi connectivity index (χ1) is 30.8. The van der Waals surface area contributed by atoms with Crippen LogP contribution < -0.4 is 21.3 Å². The summed E-state index contributed by atoms with van der Waals surface area (Å²) in [5, 5.41) is 20.6. The number of benzene rings is 2. The molecule has 2 aromatic rings. The van der Waals surface area contributed by atoms with Gasteiger partial charge in [0.2, 0.25) is 17.7 Å². The number of nitrogens with one attached hydrogen (secondary N) is 4. The van der Waals surface area contributed by atoms with Crippen LogP contribution in [0, 0.1) is 17.6 Å². The maximum absolute atomic E-state index is 14.5. The van der Waals surface area contributed by atoms with Gasteiger partial charge in [-0.3, -0.25) is 34.1 Å². The van der Waals surface area contributed by atoms with E-state index in [1.807, 2.05) is 0 Å². The Hall–Kier alpha value is -5.50. The molecule has 0 spiro atoms. The number of carbonyl (C=O) groups is 7. The number of carboxylic acid groups (broad SMARTS) is 1. The van der Waals surface area contributed by atoms with E-state index in [0.717, 1.165) is 12.8 Å². The second-order valence-corrected chi connectivity index (χ2v) is 17.3. The fraction of sp³-hybridized carbons (Fsp3) is 0.578. The Morgan fingerprint density at radius 3 is 2.11 bits per heavy atom. The number of ketones is 2. The van der Waals surface area contributed by atoms with Crippen LogP contribution in [0.1, 0.15) is 93.7 Å². The number of ether oxygens (including phenoxy) is 1. The number of carbonyl (C=O) groups excluding carboxylic acids is 6. The van der Waals surface area contributed by atoms with Gasteiger partial charge in [-0.15, -0.1) is 0 Å². The lowest BCUT2D eigenvalue weighted by atomic mass is 9.89. The van der Waals surface area contributed by atoms with Crippen LogP contribution in [0.5, 0.6) is 0 Å². The van der Waals surface area contributed by atoms with Gasteiger partial charge in [0.05, 0.1) is 37.1 Å². The van der Waals surface area contributed by atoms with Crippen LogP contribution in [0.3, 0.4) is 0 Å². The van der Waals surface area contributed by atoms with E-state index in [4.69, 9.17) is 4.74 Å². The average molecular weight is 921 g/mol. The van der Waals surface area contributed by atoms with Crippen molar-refractivity contribution in [3.05, 3.63) is 70.8 Å². The number of rotatable bonds is 21. The Kier molecular flexibility index (Phi) is 17.6. The van der Waals surface area contributed by atoms with Crippen molar-refractivity contribution < 1.29 is 65.4 Å². The van der Waals surface area contributed by atoms with E-state index < -0.39 is 89.3 Å². The lowest BCUT2D eigenvalue weighted by Gasteiger charge is -2.34. The lowest BCUT2D eigenvalue weighted by molar-refractivity contribution is -0.142. The molecule has 5 N–H and O–H groups in total. The first-order valence-electron chi connectivity index (χ1n) is 21.9. The van der Waals surface area contributed by atoms with Crippen LogP contribution in [0.4, 0.5) is 26.7 Å². The number of halogens is 5. The van der Waals surface area contributed by atoms with Crippen molar-refractivity contribution in [1.82, 2.24) is 31.1 Å². The monoisotopic (exact) mass is 920 g/mol. The van der Waals surface area contributed by atoms with Gasteiger partial charge in [0.15, 0.2) is 11.6 Å². The summed E-state index contributed by atoms with van der Waals surface area (Å²) in [5.74, 6) is -7.67. The molecule has 0 radical (unpaired) electrons. The predicted molar refractivity (Wildman–Crippen MR) is 224 cm³/mol. The molecule has 65 heavy (non-hydrogen) atoms. The van der Waals surface area contributed by atoms with E-state index in [0.29, 0.717) is 49.8 Å². The van der Waals surface area contributed by atoms with Gasteiger partial charge in [-0.05, 0) is 80.5 Å². The second kappa shape index (κ2) is 22.6. The fourth-order valence-electron chi connectivity index (χ4n) is 9.06. The summed E-state index contributed by atoms with van der Waals surface area (Å²) in [6.07, 6.45) is -2.11. The molecule has 4 atom stereocenters. The average Bonchev–Trinajstić information content (AvgIpc) is 4.06. The molecule has 0 aromatic heterocycles. The highest BCUT2D eigenvalue weighted by atomic mass is 19.4. The molecule has 3 aliphatic rings. The molecule has 2 saturated carbocycles. The van der Waals surface area contributed by atoms with Crippen molar-refractivity contribution in [3.8, 4) is 0 Å². The summed E-state index contributed by atoms with van der Waals surface area (Å²) in [6, 6.07) is 5.10. The number of hydrogen-bond donors (Lipinski definition) is 5. The van der Waals surface area contributed by atoms with E-state index in [1.165, 1.54) is 23.9 Å². The Bertz CT molecular complexity index is 2020. The maximum Gasteiger partial charge on any atom is 0.422 e. The molecule has 20 heteroatoms. The van der Waals surface area contributed by atoms with Crippen molar-refractivity contribution >= 4 is 41.4 Å². The summed E-state index contributed by atoms with van der Waals surface area (Å²) in [6.45, 7) is -0.739. The van der Waals surface area contributed by atoms with Crippen molar-refractivity contribution in [3.63, 3.8) is 0 Å². The summed E-state index contributed by atoms with van der Waals surface area (Å²) < 4.78 is 74.1. The smallest absolute Gasteiger partial charge is 0.422 e. The maximum atomic E-state index is 14.5. The molecule has 5 rings (SSSR count). The normalized spacial score (nSPS) is 18.7. The Labute approximate surface area is 373 Å². The number of likely N-dealkylation sites (N-methyl/N-ethyl adjacent to an activating group) is 1. The molecule has 0 unspecified atom stereocenters. The number of Topliss-reactive ketones (excluding diaryl/α,β-unsaturated/α-hetero) is 2. The standard InChI is InChI=1S/C45H57F5N6O9/c1-55(2)41(62)33(23-37(59)60)51-24-35(57)39(29-13-6-7-14-29)52-25-36(58)44(18-8-9-19-44)54-40(61)34-15-10-20-56(34)42(63)32(53-43(64)65-26-27-11-4-3-5-12-27)17-16-28-21-30(46)38(31(47)22-28)45(48,49)50/h3-5,11-12,21-22,29,32-34,39,51-52H,6-10,13-20,23-26H2,1-2H3,(H,53,64)(H,54,61)(H,59,60)/t32-,33-,34-,39-/m0/s1. The zero-order valence-corrected chi connectivity index (χ0v) is 36.4. The van der Waals surface area contributed by atoms with Gasteiger partial charge in [-0.2, -0.15) is 13.2 Å². The van der Waals surface area contributed by atoms with Crippen LogP contribution in [-0.4, -0.2) is 120 Å². The van der Waals surface area contributed by atoms with Gasteiger partial charge in [-0.1, -0.05) is 56.0 Å². The molecule has 4 amide bonds. The molecule has 1 saturated heterocycles. The summed E-state index contributed by atoms with van der Waals surface area (Å²) in [7, 11) is 2.94. The van der Waals surface area contributed by atoms with Crippen molar-refractivity contribution in [2.75, 3.05) is 33.7 Å². The van der Waals surface area contributed by atoms with Crippen LogP contribution in [0.2, 0.25) is 0 Å². The Morgan fingerprint density at radius 2 is 1.51 bits per heavy atom. The number of aliphatic carboxylic acids is 1. The Morgan fingerprint density at radius 1 is 0.862 bits per heavy atom. The number of carboxylic acids is 1. The van der Waals surface area contributed by atoms with Gasteiger partial charge in [0.25, 0.3) is 0 Å². The van der Waals surface area contributed by atoms with Crippen molar-refractivity contribution in [1.29, 1.82) is 0 Å². The third-order valence-corrected chi connectivity index (χ3v) is 12.4. The number of likely N-dealkylation sites (tertiary alicyclic amines) is 1. The molecule has 356 valence electrons. The highest BCUT2D eigenvalue weighted by Crippen LogP contribution is 2.35. The van der Waals surface area contributed by atoms with Crippen LogP contribution >= 0.6 is 0 Å². The molecule has 1 aliphatic heterocycles. The highest BCUT2D eigenvalue weighted by Gasteiger charge is 2.46. The summed E-state index contributed by atoms with van der Waals surface area (Å²) in [5.41, 5.74) is -3.00. The van der Waals surface area contributed by atoms with E-state index in [2.05, 4.69) is 21.3 Å². The number of aryl methyl sites for hydroxylation is 1. The molecule has 3 fully saturated rings. The Balaban J connectivity index is 1.28. The third kappa shape index (κ3) is 13.5.